The average Bonchev–Trinajstić information content (AvgIpc) is 2.83. The first-order valence-electron chi connectivity index (χ1n) is 6.63. The van der Waals surface area contributed by atoms with E-state index in [9.17, 15) is 18.0 Å². The number of fused-ring (bicyclic) bond motifs is 1. The zero-order chi connectivity index (χ0) is 17.6. The second-order valence-corrected chi connectivity index (χ2v) is 5.84. The summed E-state index contributed by atoms with van der Waals surface area (Å²) >= 11 is 12.0. The van der Waals surface area contributed by atoms with Crippen LogP contribution in [0.3, 0.4) is 0 Å². The van der Waals surface area contributed by atoms with Crippen LogP contribution in [0.2, 0.25) is 10.0 Å². The van der Waals surface area contributed by atoms with Crippen molar-refractivity contribution in [3.8, 4) is 0 Å². The topological polar surface area (TPSA) is 34.9 Å². The van der Waals surface area contributed by atoms with Gasteiger partial charge in [0.05, 0.1) is 37.9 Å². The van der Waals surface area contributed by atoms with Crippen LogP contribution in [0.25, 0.3) is 11.0 Å². The normalized spacial score (nSPS) is 11.9. The van der Waals surface area contributed by atoms with Crippen LogP contribution in [-0.2, 0) is 13.2 Å². The van der Waals surface area contributed by atoms with Crippen molar-refractivity contribution in [3.05, 3.63) is 63.4 Å². The maximum absolute atomic E-state index is 12.8. The summed E-state index contributed by atoms with van der Waals surface area (Å²) in [5.41, 5.74) is -0.274. The van der Waals surface area contributed by atoms with Gasteiger partial charge in [0.1, 0.15) is 0 Å². The second kappa shape index (κ2) is 5.79. The first-order chi connectivity index (χ1) is 11.2. The molecule has 0 N–H and O–H groups in total. The van der Waals surface area contributed by atoms with Gasteiger partial charge >= 0.3 is 6.18 Å². The molecule has 0 bridgehead atoms. The molecule has 0 saturated carbocycles. The van der Waals surface area contributed by atoms with Crippen molar-refractivity contribution in [3.63, 3.8) is 0 Å². The van der Waals surface area contributed by atoms with Gasteiger partial charge in [-0.05, 0) is 18.2 Å². The lowest BCUT2D eigenvalue weighted by Gasteiger charge is -2.08. The number of aromatic nitrogens is 2. The van der Waals surface area contributed by atoms with Gasteiger partial charge in [-0.1, -0.05) is 29.3 Å². The van der Waals surface area contributed by atoms with E-state index in [2.05, 4.69) is 11.1 Å². The number of aryl methyl sites for hydroxylation is 1. The molecule has 0 aliphatic heterocycles. The highest BCUT2D eigenvalue weighted by atomic mass is 35.5. The molecule has 1 radical (unpaired) electrons. The first kappa shape index (κ1) is 16.8. The highest BCUT2D eigenvalue weighted by Gasteiger charge is 2.32. The molecule has 3 rings (SSSR count). The molecule has 24 heavy (non-hydrogen) atoms. The fourth-order valence-electron chi connectivity index (χ4n) is 2.36. The van der Waals surface area contributed by atoms with Gasteiger partial charge in [0, 0.05) is 19.3 Å². The molecule has 0 unspecified atom stereocenters. The van der Waals surface area contributed by atoms with Crippen LogP contribution >= 0.6 is 23.2 Å². The molecule has 2 aromatic heterocycles. The lowest BCUT2D eigenvalue weighted by Crippen LogP contribution is -2.09. The number of carbonyl (C=O) groups excluding carboxylic acids is 1. The SMILES string of the molecule is Cn1c(C(=O)c2c(Cl)[c]ccc2Cl)cc2ncc(C(F)(F)F)cc21. The van der Waals surface area contributed by atoms with E-state index in [1.165, 1.54) is 29.8 Å². The summed E-state index contributed by atoms with van der Waals surface area (Å²) in [7, 11) is 1.48. The summed E-state index contributed by atoms with van der Waals surface area (Å²) in [6.45, 7) is 0. The molecule has 1 aromatic carbocycles. The number of alkyl halides is 3. The number of hydrogen-bond donors (Lipinski definition) is 0. The van der Waals surface area contributed by atoms with Gasteiger partial charge in [-0.3, -0.25) is 9.78 Å². The largest absolute Gasteiger partial charge is 0.417 e. The Morgan fingerprint density at radius 1 is 1.29 bits per heavy atom. The van der Waals surface area contributed by atoms with Crippen LogP contribution < -0.4 is 0 Å². The van der Waals surface area contributed by atoms with Gasteiger partial charge in [-0.25, -0.2) is 0 Å². The summed E-state index contributed by atoms with van der Waals surface area (Å²) in [6, 6.07) is 7.94. The third-order valence-electron chi connectivity index (χ3n) is 3.58. The Morgan fingerprint density at radius 3 is 2.62 bits per heavy atom. The van der Waals surface area contributed by atoms with E-state index in [-0.39, 0.29) is 32.3 Å². The molecule has 0 aliphatic rings. The van der Waals surface area contributed by atoms with E-state index >= 15 is 0 Å². The number of rotatable bonds is 2. The molecule has 0 fully saturated rings. The van der Waals surface area contributed by atoms with Crippen molar-refractivity contribution in [2.24, 2.45) is 7.05 Å². The smallest absolute Gasteiger partial charge is 0.340 e. The van der Waals surface area contributed by atoms with Crippen LogP contribution in [0.1, 0.15) is 21.6 Å². The lowest BCUT2D eigenvalue weighted by molar-refractivity contribution is -0.137. The number of pyridine rings is 1. The van der Waals surface area contributed by atoms with Crippen molar-refractivity contribution in [2.75, 3.05) is 0 Å². The van der Waals surface area contributed by atoms with Gasteiger partial charge in [-0.2, -0.15) is 13.2 Å². The molecule has 0 spiro atoms. The Morgan fingerprint density at radius 2 is 2.00 bits per heavy atom. The quantitative estimate of drug-likeness (QED) is 0.598. The zero-order valence-corrected chi connectivity index (χ0v) is 13.6. The minimum Gasteiger partial charge on any atom is -0.340 e. The Hall–Kier alpha value is -2.05. The molecule has 0 saturated heterocycles. The van der Waals surface area contributed by atoms with Crippen molar-refractivity contribution >= 4 is 40.0 Å². The number of hydrogen-bond acceptors (Lipinski definition) is 2. The highest BCUT2D eigenvalue weighted by Crippen LogP contribution is 2.32. The minimum absolute atomic E-state index is 0.0432. The van der Waals surface area contributed by atoms with Crippen LogP contribution in [0.5, 0.6) is 0 Å². The molecule has 0 atom stereocenters. The predicted octanol–water partition coefficient (Wildman–Crippen LogP) is 4.93. The number of carbonyl (C=O) groups is 1. The summed E-state index contributed by atoms with van der Waals surface area (Å²) in [5.74, 6) is -0.518. The van der Waals surface area contributed by atoms with E-state index < -0.39 is 17.5 Å². The number of ketones is 1. The van der Waals surface area contributed by atoms with Crippen LogP contribution in [0.4, 0.5) is 13.2 Å². The van der Waals surface area contributed by atoms with Crippen molar-refractivity contribution in [1.29, 1.82) is 0 Å². The Kier molecular flexibility index (Phi) is 4.05. The monoisotopic (exact) mass is 371 g/mol. The van der Waals surface area contributed by atoms with Crippen LogP contribution in [-0.4, -0.2) is 15.3 Å². The van der Waals surface area contributed by atoms with E-state index in [4.69, 9.17) is 23.2 Å². The Bertz CT molecular complexity index is 944. The van der Waals surface area contributed by atoms with Crippen LogP contribution in [0.15, 0.2) is 30.5 Å². The molecular formula is C16H8Cl2F3N2O. The van der Waals surface area contributed by atoms with E-state index in [1.807, 2.05) is 0 Å². The Labute approximate surface area is 144 Å². The first-order valence-corrected chi connectivity index (χ1v) is 7.39. The molecule has 3 nitrogen and oxygen atoms in total. The number of benzene rings is 1. The molecule has 0 amide bonds. The summed E-state index contributed by atoms with van der Waals surface area (Å²) in [5, 5.41) is 0.180. The van der Waals surface area contributed by atoms with Gasteiger partial charge in [-0.15, -0.1) is 0 Å². The van der Waals surface area contributed by atoms with E-state index in [0.29, 0.717) is 0 Å². The molecule has 0 aliphatic carbocycles. The van der Waals surface area contributed by atoms with Crippen molar-refractivity contribution in [1.82, 2.24) is 9.55 Å². The third kappa shape index (κ3) is 2.76. The lowest BCUT2D eigenvalue weighted by atomic mass is 10.1. The van der Waals surface area contributed by atoms with Gasteiger partial charge in [0.15, 0.2) is 0 Å². The Balaban J connectivity index is 2.17. The summed E-state index contributed by atoms with van der Waals surface area (Å²) < 4.78 is 39.8. The second-order valence-electron chi connectivity index (χ2n) is 5.06. The fraction of sp³-hybridized carbons (Fsp3) is 0.125. The van der Waals surface area contributed by atoms with Gasteiger partial charge in [0.2, 0.25) is 5.78 Å². The van der Waals surface area contributed by atoms with Crippen molar-refractivity contribution in [2.45, 2.75) is 6.18 Å². The summed E-state index contributed by atoms with van der Waals surface area (Å²) in [6.07, 6.45) is -3.79. The molecule has 8 heteroatoms. The van der Waals surface area contributed by atoms with E-state index in [1.54, 1.807) is 0 Å². The van der Waals surface area contributed by atoms with Gasteiger partial charge in [0.25, 0.3) is 0 Å². The molecular weight excluding hydrogens is 364 g/mol. The molecule has 123 valence electrons. The number of nitrogens with zero attached hydrogens (tertiary/aromatic N) is 2. The van der Waals surface area contributed by atoms with Crippen LogP contribution in [0, 0.1) is 6.07 Å². The minimum atomic E-state index is -4.52. The fourth-order valence-corrected chi connectivity index (χ4v) is 2.90. The molecule has 3 aromatic rings. The summed E-state index contributed by atoms with van der Waals surface area (Å²) in [4.78, 5) is 16.5. The maximum atomic E-state index is 12.8. The average molecular weight is 372 g/mol. The number of halogens is 5. The van der Waals surface area contributed by atoms with Gasteiger partial charge < -0.3 is 4.57 Å². The third-order valence-corrected chi connectivity index (χ3v) is 4.19. The van der Waals surface area contributed by atoms with Crippen molar-refractivity contribution < 1.29 is 18.0 Å². The van der Waals surface area contributed by atoms with E-state index in [0.717, 1.165) is 12.3 Å². The highest BCUT2D eigenvalue weighted by molar-refractivity contribution is 6.40. The standard InChI is InChI=1S/C16H8Cl2F3N2O/c1-23-12-5-8(16(19,20)21)7-22-11(12)6-13(23)15(24)14-9(17)3-2-4-10(14)18/h2-3,5-7H,1H3. The maximum Gasteiger partial charge on any atom is 0.417 e. The molecule has 2 heterocycles. The predicted molar refractivity (Wildman–Crippen MR) is 84.4 cm³/mol. The zero-order valence-electron chi connectivity index (χ0n) is 12.1.